The molecule has 0 saturated heterocycles. The number of hydrogen-bond donors (Lipinski definition) is 0. The molecule has 264 valence electrons. The van der Waals surface area contributed by atoms with Crippen LogP contribution in [0.3, 0.4) is 0 Å². The van der Waals surface area contributed by atoms with Crippen LogP contribution in [0, 0.1) is 13.0 Å². The van der Waals surface area contributed by atoms with Crippen molar-refractivity contribution in [3.05, 3.63) is 149 Å². The van der Waals surface area contributed by atoms with Gasteiger partial charge in [0, 0.05) is 37.6 Å². The molecular weight excluding hydrogens is 802 g/mol. The molecule has 0 bridgehead atoms. The molecule has 5 aromatic carbocycles. The summed E-state index contributed by atoms with van der Waals surface area (Å²) < 4.78 is 2.29. The summed E-state index contributed by atoms with van der Waals surface area (Å²) in [5.41, 5.74) is 12.3. The Labute approximate surface area is 319 Å². The average molecular weight is 852 g/mol. The standard InChI is InChI=1S/C47H50N3.Pt/c1-6-8-10-17-31-47(41-27-14-12-25-39(41)40-26-13-15-28-42(40)47)38-24-19-22-36(33-38)35-21-18-23-37(32-35)44-48-49-45(46(4,5)30-9-7-2)50(44)43-29-16-11-20-34(43)3;/h11-16,18-22,24-29,32-33H,6-10,17,30-31H2,1-5H3;/q-1;. The van der Waals surface area contributed by atoms with Gasteiger partial charge in [-0.05, 0) is 64.8 Å². The maximum atomic E-state index is 4.89. The smallest absolute Gasteiger partial charge is 0.134 e. The molecule has 0 N–H and O–H groups in total. The summed E-state index contributed by atoms with van der Waals surface area (Å²) in [6.07, 6.45) is 9.39. The molecule has 0 aliphatic heterocycles. The number of rotatable bonds is 13. The minimum absolute atomic E-state index is 0. The quantitative estimate of drug-likeness (QED) is 0.0856. The molecule has 0 radical (unpaired) electrons. The molecule has 1 heterocycles. The first kappa shape index (κ1) is 36.7. The molecule has 0 saturated carbocycles. The van der Waals surface area contributed by atoms with E-state index in [-0.39, 0.29) is 31.9 Å². The summed E-state index contributed by atoms with van der Waals surface area (Å²) in [4.78, 5) is 0. The largest absolute Gasteiger partial charge is 0.319 e. The number of hydrogen-bond acceptors (Lipinski definition) is 2. The Kier molecular flexibility index (Phi) is 11.3. The predicted molar refractivity (Wildman–Crippen MR) is 209 cm³/mol. The van der Waals surface area contributed by atoms with Crippen molar-refractivity contribution in [2.45, 2.75) is 96.8 Å². The molecule has 7 rings (SSSR count). The van der Waals surface area contributed by atoms with Gasteiger partial charge in [-0.25, -0.2) is 0 Å². The Morgan fingerprint density at radius 1 is 0.686 bits per heavy atom. The molecule has 0 atom stereocenters. The summed E-state index contributed by atoms with van der Waals surface area (Å²) >= 11 is 0. The van der Waals surface area contributed by atoms with Gasteiger partial charge in [0.05, 0.1) is 5.82 Å². The fourth-order valence-corrected chi connectivity index (χ4v) is 8.28. The van der Waals surface area contributed by atoms with E-state index in [1.165, 1.54) is 64.6 Å². The van der Waals surface area contributed by atoms with E-state index in [4.69, 9.17) is 10.2 Å². The summed E-state index contributed by atoms with van der Waals surface area (Å²) in [6.45, 7) is 11.3. The zero-order chi connectivity index (χ0) is 34.7. The first-order chi connectivity index (χ1) is 24.4. The first-order valence-corrected chi connectivity index (χ1v) is 18.7. The fourth-order valence-electron chi connectivity index (χ4n) is 8.28. The fraction of sp³-hybridized carbons (Fsp3) is 0.319. The predicted octanol–water partition coefficient (Wildman–Crippen LogP) is 12.5. The SMILES string of the molecule is CCCCCCC1(c2cccc(-c3cc[c-]c(-c4nnc(C(C)(C)CCCC)n4-c4ccccc4C)c3)c2)c2ccccc2-c2ccccc21.[Pt]. The van der Waals surface area contributed by atoms with E-state index < -0.39 is 0 Å². The third-order valence-electron chi connectivity index (χ3n) is 11.0. The van der Waals surface area contributed by atoms with Crippen molar-refractivity contribution < 1.29 is 21.1 Å². The van der Waals surface area contributed by atoms with Crippen molar-refractivity contribution in [2.24, 2.45) is 0 Å². The van der Waals surface area contributed by atoms with Gasteiger partial charge in [0.2, 0.25) is 0 Å². The monoisotopic (exact) mass is 851 g/mol. The maximum absolute atomic E-state index is 4.89. The molecule has 1 aromatic heterocycles. The van der Waals surface area contributed by atoms with Gasteiger partial charge in [-0.2, -0.15) is 5.10 Å². The van der Waals surface area contributed by atoms with Crippen LogP contribution in [0.4, 0.5) is 0 Å². The van der Waals surface area contributed by atoms with Crippen molar-refractivity contribution in [1.29, 1.82) is 0 Å². The van der Waals surface area contributed by atoms with E-state index in [2.05, 4.69) is 161 Å². The van der Waals surface area contributed by atoms with Gasteiger partial charge in [-0.15, -0.1) is 40.5 Å². The molecule has 3 nitrogen and oxygen atoms in total. The number of unbranched alkanes of at least 4 members (excludes halogenated alkanes) is 4. The Morgan fingerprint density at radius 3 is 2.06 bits per heavy atom. The van der Waals surface area contributed by atoms with Crippen molar-refractivity contribution in [3.63, 3.8) is 0 Å². The molecular formula is C47H50N3Pt-. The molecule has 6 aromatic rings. The van der Waals surface area contributed by atoms with Crippen LogP contribution in [-0.2, 0) is 31.9 Å². The number of fused-ring (bicyclic) bond motifs is 3. The molecule has 0 unspecified atom stereocenters. The third kappa shape index (κ3) is 6.83. The number of para-hydroxylation sites is 1. The van der Waals surface area contributed by atoms with Crippen molar-refractivity contribution in [3.8, 4) is 39.3 Å². The van der Waals surface area contributed by atoms with Crippen LogP contribution >= 0.6 is 0 Å². The minimum Gasteiger partial charge on any atom is -0.319 e. The molecule has 1 aliphatic carbocycles. The first-order valence-electron chi connectivity index (χ1n) is 18.7. The van der Waals surface area contributed by atoms with Crippen LogP contribution in [0.15, 0.2) is 115 Å². The van der Waals surface area contributed by atoms with Crippen LogP contribution in [0.25, 0.3) is 39.3 Å². The molecule has 51 heavy (non-hydrogen) atoms. The molecule has 0 fully saturated rings. The van der Waals surface area contributed by atoms with E-state index in [9.17, 15) is 0 Å². The van der Waals surface area contributed by atoms with Crippen molar-refractivity contribution in [1.82, 2.24) is 14.8 Å². The van der Waals surface area contributed by atoms with E-state index in [0.717, 1.165) is 54.1 Å². The van der Waals surface area contributed by atoms with Gasteiger partial charge in [-0.3, -0.25) is 0 Å². The zero-order valence-electron chi connectivity index (χ0n) is 30.8. The average Bonchev–Trinajstić information content (AvgIpc) is 3.72. The number of aryl methyl sites for hydroxylation is 1. The van der Waals surface area contributed by atoms with Gasteiger partial charge >= 0.3 is 0 Å². The van der Waals surface area contributed by atoms with Gasteiger partial charge in [0.1, 0.15) is 5.82 Å². The summed E-state index contributed by atoms with van der Waals surface area (Å²) in [5, 5.41) is 9.78. The Morgan fingerprint density at radius 2 is 1.35 bits per heavy atom. The second kappa shape index (κ2) is 15.7. The number of nitrogens with zero attached hydrogens (tertiary/aromatic N) is 3. The van der Waals surface area contributed by atoms with Gasteiger partial charge in [-0.1, -0.05) is 157 Å². The zero-order valence-corrected chi connectivity index (χ0v) is 33.1. The summed E-state index contributed by atoms with van der Waals surface area (Å²) in [5.74, 6) is 1.84. The van der Waals surface area contributed by atoms with E-state index >= 15 is 0 Å². The van der Waals surface area contributed by atoms with Crippen LogP contribution in [0.1, 0.15) is 107 Å². The van der Waals surface area contributed by atoms with Crippen LogP contribution < -0.4 is 0 Å². The maximum Gasteiger partial charge on any atom is 0.134 e. The van der Waals surface area contributed by atoms with E-state index in [1.54, 1.807) is 0 Å². The molecule has 4 heteroatoms. The van der Waals surface area contributed by atoms with E-state index in [0.29, 0.717) is 0 Å². The van der Waals surface area contributed by atoms with Crippen LogP contribution in [-0.4, -0.2) is 14.8 Å². The van der Waals surface area contributed by atoms with Gasteiger partial charge < -0.3 is 4.57 Å². The summed E-state index contributed by atoms with van der Waals surface area (Å²) in [7, 11) is 0. The summed E-state index contributed by atoms with van der Waals surface area (Å²) in [6, 6.07) is 46.1. The topological polar surface area (TPSA) is 30.7 Å². The van der Waals surface area contributed by atoms with Crippen LogP contribution in [0.5, 0.6) is 0 Å². The molecule has 1 aliphatic rings. The van der Waals surface area contributed by atoms with Gasteiger partial charge in [0.15, 0.2) is 0 Å². The Bertz CT molecular complexity index is 2060. The second-order valence-electron chi connectivity index (χ2n) is 14.8. The van der Waals surface area contributed by atoms with Crippen molar-refractivity contribution in [2.75, 3.05) is 0 Å². The minimum atomic E-state index is -0.190. The van der Waals surface area contributed by atoms with Gasteiger partial charge in [0.25, 0.3) is 0 Å². The number of benzene rings is 5. The van der Waals surface area contributed by atoms with Crippen molar-refractivity contribution >= 4 is 0 Å². The molecule has 0 amide bonds. The Balaban J connectivity index is 0.00000448. The third-order valence-corrected chi connectivity index (χ3v) is 11.0. The van der Waals surface area contributed by atoms with E-state index in [1.807, 2.05) is 0 Å². The Hall–Kier alpha value is -4.07. The number of aromatic nitrogens is 3. The van der Waals surface area contributed by atoms with Crippen LogP contribution in [0.2, 0.25) is 0 Å². The molecule has 0 spiro atoms. The normalized spacial score (nSPS) is 13.0. The second-order valence-corrected chi connectivity index (χ2v) is 14.8.